The number of esters is 1. The molecule has 0 spiro atoms. The van der Waals surface area contributed by atoms with Gasteiger partial charge in [0.05, 0.1) is 13.3 Å². The van der Waals surface area contributed by atoms with E-state index in [9.17, 15) is 4.79 Å². The van der Waals surface area contributed by atoms with Crippen LogP contribution in [0.3, 0.4) is 0 Å². The van der Waals surface area contributed by atoms with E-state index in [1.807, 2.05) is 0 Å². The second-order valence-corrected chi connectivity index (χ2v) is 6.52. The van der Waals surface area contributed by atoms with Crippen LogP contribution in [0.25, 0.3) is 0 Å². The number of likely N-dealkylation sites (tertiary alicyclic amines) is 1. The summed E-state index contributed by atoms with van der Waals surface area (Å²) in [6.07, 6.45) is 3.94. The summed E-state index contributed by atoms with van der Waals surface area (Å²) in [5.41, 5.74) is 0.309. The second kappa shape index (κ2) is 5.88. The summed E-state index contributed by atoms with van der Waals surface area (Å²) in [7, 11) is 3.55. The van der Waals surface area contributed by atoms with Crippen LogP contribution in [0.1, 0.15) is 29.4 Å². The maximum atomic E-state index is 11.3. The van der Waals surface area contributed by atoms with Gasteiger partial charge in [0.25, 0.3) is 0 Å². The Bertz CT molecular complexity index is 439. The molecule has 0 aromatic carbocycles. The minimum absolute atomic E-state index is 0.309. The maximum Gasteiger partial charge on any atom is 0.349 e. The maximum absolute atomic E-state index is 11.3. The number of nitrogens with zero attached hydrogens (tertiary/aromatic N) is 2. The molecule has 1 N–H and O–H groups in total. The fraction of sp³-hybridized carbons (Fsp3) is 0.692. The molecule has 0 atom stereocenters. The van der Waals surface area contributed by atoms with Gasteiger partial charge in [0.2, 0.25) is 0 Å². The number of carbonyl (C=O) groups excluding carboxylic acids is 1. The zero-order valence-electron chi connectivity index (χ0n) is 11.7. The van der Waals surface area contributed by atoms with E-state index in [0.717, 1.165) is 24.8 Å². The van der Waals surface area contributed by atoms with Crippen LogP contribution in [0.2, 0.25) is 0 Å². The standard InChI is InChI=1S/C13H21N3O2S/c1-13(4-6-16(2)7-5-13)9-15-12-14-8-10(19-12)11(17)18-3/h8H,4-7,9H2,1-3H3,(H,14,15). The normalized spacial score (nSPS) is 19.1. The first-order chi connectivity index (χ1) is 9.02. The van der Waals surface area contributed by atoms with E-state index in [0.29, 0.717) is 10.3 Å². The smallest absolute Gasteiger partial charge is 0.349 e. The number of hydrogen-bond acceptors (Lipinski definition) is 6. The number of rotatable bonds is 4. The van der Waals surface area contributed by atoms with Gasteiger partial charge < -0.3 is 15.0 Å². The predicted octanol–water partition coefficient (Wildman–Crippen LogP) is 2.07. The average molecular weight is 283 g/mol. The number of nitrogens with one attached hydrogen (secondary N) is 1. The largest absolute Gasteiger partial charge is 0.465 e. The first-order valence-corrected chi connectivity index (χ1v) is 7.31. The summed E-state index contributed by atoms with van der Waals surface area (Å²) >= 11 is 1.35. The summed E-state index contributed by atoms with van der Waals surface area (Å²) in [4.78, 5) is 18.5. The molecule has 19 heavy (non-hydrogen) atoms. The van der Waals surface area contributed by atoms with Crippen LogP contribution in [0.5, 0.6) is 0 Å². The molecule has 1 aromatic heterocycles. The molecule has 6 heteroatoms. The molecule has 0 amide bonds. The molecule has 1 saturated heterocycles. The number of thiazole rings is 1. The van der Waals surface area contributed by atoms with Gasteiger partial charge in [-0.2, -0.15) is 0 Å². The summed E-state index contributed by atoms with van der Waals surface area (Å²) in [6.45, 7) is 5.49. The molecule has 1 fully saturated rings. The predicted molar refractivity (Wildman–Crippen MR) is 76.8 cm³/mol. The molecule has 2 rings (SSSR count). The Morgan fingerprint density at radius 2 is 2.26 bits per heavy atom. The fourth-order valence-electron chi connectivity index (χ4n) is 2.17. The monoisotopic (exact) mass is 283 g/mol. The van der Waals surface area contributed by atoms with Crippen molar-refractivity contribution < 1.29 is 9.53 Å². The summed E-state index contributed by atoms with van der Waals surface area (Å²) in [5.74, 6) is -0.323. The summed E-state index contributed by atoms with van der Waals surface area (Å²) < 4.78 is 4.67. The molecule has 0 radical (unpaired) electrons. The van der Waals surface area contributed by atoms with E-state index in [2.05, 4.69) is 33.9 Å². The van der Waals surface area contributed by atoms with Crippen molar-refractivity contribution in [1.82, 2.24) is 9.88 Å². The molecule has 0 bridgehead atoms. The highest BCUT2D eigenvalue weighted by Gasteiger charge is 2.28. The van der Waals surface area contributed by atoms with Crippen LogP contribution in [-0.4, -0.2) is 49.6 Å². The fourth-order valence-corrected chi connectivity index (χ4v) is 2.91. The van der Waals surface area contributed by atoms with Gasteiger partial charge in [0, 0.05) is 6.54 Å². The van der Waals surface area contributed by atoms with E-state index >= 15 is 0 Å². The minimum Gasteiger partial charge on any atom is -0.465 e. The van der Waals surface area contributed by atoms with E-state index in [1.165, 1.54) is 31.3 Å². The molecule has 5 nitrogen and oxygen atoms in total. The zero-order chi connectivity index (χ0) is 13.9. The van der Waals surface area contributed by atoms with Crippen molar-refractivity contribution in [3.8, 4) is 0 Å². The number of piperidine rings is 1. The minimum atomic E-state index is -0.323. The Morgan fingerprint density at radius 1 is 1.58 bits per heavy atom. The third-order valence-electron chi connectivity index (χ3n) is 3.75. The number of anilines is 1. The van der Waals surface area contributed by atoms with Gasteiger partial charge in [0.15, 0.2) is 5.13 Å². The van der Waals surface area contributed by atoms with E-state index in [4.69, 9.17) is 0 Å². The molecule has 0 unspecified atom stereocenters. The van der Waals surface area contributed by atoms with Gasteiger partial charge in [0.1, 0.15) is 4.88 Å². The number of carbonyl (C=O) groups is 1. The first kappa shape index (κ1) is 14.3. The summed E-state index contributed by atoms with van der Waals surface area (Å²) in [6, 6.07) is 0. The Hall–Kier alpha value is -1.14. The van der Waals surface area contributed by atoms with Gasteiger partial charge in [-0.25, -0.2) is 9.78 Å². The number of hydrogen-bond donors (Lipinski definition) is 1. The zero-order valence-corrected chi connectivity index (χ0v) is 12.5. The highest BCUT2D eigenvalue weighted by Crippen LogP contribution is 2.31. The summed E-state index contributed by atoms with van der Waals surface area (Å²) in [5, 5.41) is 4.14. The lowest BCUT2D eigenvalue weighted by molar-refractivity contribution is 0.0606. The number of methoxy groups -OCH3 is 1. The van der Waals surface area contributed by atoms with Crippen molar-refractivity contribution in [2.75, 3.05) is 39.1 Å². The Kier molecular flexibility index (Phi) is 4.42. The van der Waals surface area contributed by atoms with Gasteiger partial charge in [-0.05, 0) is 38.4 Å². The van der Waals surface area contributed by atoms with Crippen molar-refractivity contribution in [3.63, 3.8) is 0 Å². The molecule has 1 aliphatic heterocycles. The molecule has 1 aromatic rings. The second-order valence-electron chi connectivity index (χ2n) is 5.49. The Labute approximate surface area is 118 Å². The van der Waals surface area contributed by atoms with Gasteiger partial charge in [-0.3, -0.25) is 0 Å². The van der Waals surface area contributed by atoms with Crippen molar-refractivity contribution in [1.29, 1.82) is 0 Å². The van der Waals surface area contributed by atoms with Crippen LogP contribution in [0.15, 0.2) is 6.20 Å². The lowest BCUT2D eigenvalue weighted by Gasteiger charge is -2.37. The molecule has 0 aliphatic carbocycles. The lowest BCUT2D eigenvalue weighted by atomic mass is 9.80. The Morgan fingerprint density at radius 3 is 2.89 bits per heavy atom. The van der Waals surface area contributed by atoms with Crippen LogP contribution >= 0.6 is 11.3 Å². The molecule has 0 saturated carbocycles. The van der Waals surface area contributed by atoms with E-state index < -0.39 is 0 Å². The third kappa shape index (κ3) is 3.67. The van der Waals surface area contributed by atoms with E-state index in [-0.39, 0.29) is 5.97 Å². The van der Waals surface area contributed by atoms with Crippen molar-refractivity contribution in [3.05, 3.63) is 11.1 Å². The van der Waals surface area contributed by atoms with Gasteiger partial charge in [-0.1, -0.05) is 18.3 Å². The molecule has 106 valence electrons. The van der Waals surface area contributed by atoms with Crippen molar-refractivity contribution >= 4 is 22.4 Å². The quantitative estimate of drug-likeness (QED) is 0.857. The molecular weight excluding hydrogens is 262 g/mol. The number of aromatic nitrogens is 1. The van der Waals surface area contributed by atoms with Crippen LogP contribution in [0.4, 0.5) is 5.13 Å². The van der Waals surface area contributed by atoms with Crippen LogP contribution in [-0.2, 0) is 4.74 Å². The SMILES string of the molecule is COC(=O)c1cnc(NCC2(C)CCN(C)CC2)s1. The number of ether oxygens (including phenoxy) is 1. The highest BCUT2D eigenvalue weighted by molar-refractivity contribution is 7.17. The Balaban J connectivity index is 1.88. The topological polar surface area (TPSA) is 54.5 Å². The molecular formula is C13H21N3O2S. The third-order valence-corrected chi connectivity index (χ3v) is 4.69. The first-order valence-electron chi connectivity index (χ1n) is 6.49. The molecule has 2 heterocycles. The lowest BCUT2D eigenvalue weighted by Crippen LogP contribution is -2.40. The molecule has 1 aliphatic rings. The van der Waals surface area contributed by atoms with Gasteiger partial charge >= 0.3 is 5.97 Å². The van der Waals surface area contributed by atoms with Gasteiger partial charge in [-0.15, -0.1) is 0 Å². The van der Waals surface area contributed by atoms with E-state index in [1.54, 1.807) is 6.20 Å². The average Bonchev–Trinajstić information content (AvgIpc) is 2.88. The van der Waals surface area contributed by atoms with Crippen molar-refractivity contribution in [2.24, 2.45) is 5.41 Å². The van der Waals surface area contributed by atoms with Crippen LogP contribution < -0.4 is 5.32 Å². The van der Waals surface area contributed by atoms with Crippen molar-refractivity contribution in [2.45, 2.75) is 19.8 Å². The van der Waals surface area contributed by atoms with Crippen LogP contribution in [0, 0.1) is 5.41 Å². The highest BCUT2D eigenvalue weighted by atomic mass is 32.1.